The zero-order chi connectivity index (χ0) is 11.3. The molecule has 0 aliphatic carbocycles. The third-order valence-corrected chi connectivity index (χ3v) is 2.45. The van der Waals surface area contributed by atoms with E-state index < -0.39 is 5.60 Å². The first-order chi connectivity index (χ1) is 7.05. The van der Waals surface area contributed by atoms with Gasteiger partial charge in [-0.2, -0.15) is 0 Å². The van der Waals surface area contributed by atoms with Gasteiger partial charge in [-0.25, -0.2) is 4.79 Å². The van der Waals surface area contributed by atoms with Crippen LogP contribution in [0.4, 0.5) is 4.79 Å². The molecule has 0 spiro atoms. The molecule has 1 saturated heterocycles. The van der Waals surface area contributed by atoms with Gasteiger partial charge in [0, 0.05) is 26.2 Å². The Morgan fingerprint density at radius 2 is 2.20 bits per heavy atom. The van der Waals surface area contributed by atoms with Crippen LogP contribution in [0.3, 0.4) is 0 Å². The van der Waals surface area contributed by atoms with Gasteiger partial charge in [0.2, 0.25) is 0 Å². The van der Waals surface area contributed by atoms with E-state index in [1.807, 2.05) is 13.8 Å². The summed E-state index contributed by atoms with van der Waals surface area (Å²) in [5.74, 6) is 0. The summed E-state index contributed by atoms with van der Waals surface area (Å²) in [6.07, 6.45) is 0.715. The number of amides is 1. The molecule has 1 rings (SSSR count). The molecule has 0 bridgehead atoms. The molecule has 88 valence electrons. The maximum atomic E-state index is 11.7. The number of hydrogen-bond acceptors (Lipinski definition) is 4. The highest BCUT2D eigenvalue weighted by Gasteiger charge is 2.25. The topological polar surface area (TPSA) is 67.6 Å². The largest absolute Gasteiger partial charge is 0.442 e. The van der Waals surface area contributed by atoms with Gasteiger partial charge < -0.3 is 20.7 Å². The van der Waals surface area contributed by atoms with Crippen LogP contribution in [0.5, 0.6) is 0 Å². The normalized spacial score (nSPS) is 18.5. The fourth-order valence-electron chi connectivity index (χ4n) is 1.37. The maximum Gasteiger partial charge on any atom is 0.410 e. The predicted molar refractivity (Wildman–Crippen MR) is 58.7 cm³/mol. The molecule has 1 amide bonds. The second kappa shape index (κ2) is 5.32. The highest BCUT2D eigenvalue weighted by molar-refractivity contribution is 5.68. The SMILES string of the molecule is CC(C)(CN)OC(=O)N1CCCNCC1. The van der Waals surface area contributed by atoms with E-state index in [4.69, 9.17) is 10.5 Å². The van der Waals surface area contributed by atoms with Crippen LogP contribution in [-0.2, 0) is 4.74 Å². The van der Waals surface area contributed by atoms with Crippen molar-refractivity contribution >= 4 is 6.09 Å². The first-order valence-corrected chi connectivity index (χ1v) is 5.44. The minimum Gasteiger partial charge on any atom is -0.442 e. The third kappa shape index (κ3) is 4.05. The summed E-state index contributed by atoms with van der Waals surface area (Å²) >= 11 is 0. The molecule has 0 unspecified atom stereocenters. The number of nitrogens with one attached hydrogen (secondary N) is 1. The van der Waals surface area contributed by atoms with Crippen LogP contribution in [0.1, 0.15) is 20.3 Å². The van der Waals surface area contributed by atoms with Crippen molar-refractivity contribution in [1.29, 1.82) is 0 Å². The van der Waals surface area contributed by atoms with Crippen molar-refractivity contribution in [3.8, 4) is 0 Å². The Labute approximate surface area is 90.9 Å². The maximum absolute atomic E-state index is 11.7. The molecule has 1 fully saturated rings. The molecule has 3 N–H and O–H groups in total. The minimum atomic E-state index is -0.573. The van der Waals surface area contributed by atoms with Gasteiger partial charge in [-0.15, -0.1) is 0 Å². The second-order valence-electron chi connectivity index (χ2n) is 4.42. The molecule has 0 aromatic rings. The molecule has 0 aromatic carbocycles. The molecule has 0 radical (unpaired) electrons. The average molecular weight is 215 g/mol. The lowest BCUT2D eigenvalue weighted by Gasteiger charge is -2.28. The van der Waals surface area contributed by atoms with Gasteiger partial charge in [0.25, 0.3) is 0 Å². The van der Waals surface area contributed by atoms with Crippen LogP contribution < -0.4 is 11.1 Å². The van der Waals surface area contributed by atoms with E-state index >= 15 is 0 Å². The highest BCUT2D eigenvalue weighted by Crippen LogP contribution is 2.10. The molecule has 15 heavy (non-hydrogen) atoms. The van der Waals surface area contributed by atoms with Gasteiger partial charge >= 0.3 is 6.09 Å². The second-order valence-corrected chi connectivity index (χ2v) is 4.42. The molecule has 0 atom stereocenters. The Balaban J connectivity index is 2.44. The van der Waals surface area contributed by atoms with Crippen LogP contribution in [0.2, 0.25) is 0 Å². The highest BCUT2D eigenvalue weighted by atomic mass is 16.6. The van der Waals surface area contributed by atoms with Crippen molar-refractivity contribution in [3.63, 3.8) is 0 Å². The van der Waals surface area contributed by atoms with E-state index in [0.717, 1.165) is 26.1 Å². The van der Waals surface area contributed by atoms with Crippen LogP contribution in [0.25, 0.3) is 0 Å². The summed E-state index contributed by atoms with van der Waals surface area (Å²) in [5, 5.41) is 3.23. The van der Waals surface area contributed by atoms with Crippen molar-refractivity contribution in [2.75, 3.05) is 32.7 Å². The fraction of sp³-hybridized carbons (Fsp3) is 0.900. The van der Waals surface area contributed by atoms with E-state index in [1.54, 1.807) is 4.90 Å². The minimum absolute atomic E-state index is 0.255. The quantitative estimate of drug-likeness (QED) is 0.688. The Bertz CT molecular complexity index is 211. The summed E-state index contributed by atoms with van der Waals surface area (Å²) in [6, 6.07) is 0. The summed E-state index contributed by atoms with van der Waals surface area (Å²) in [4.78, 5) is 13.5. The number of carbonyl (C=O) groups excluding carboxylic acids is 1. The van der Waals surface area contributed by atoms with E-state index in [0.29, 0.717) is 13.1 Å². The smallest absolute Gasteiger partial charge is 0.410 e. The number of nitrogens with zero attached hydrogens (tertiary/aromatic N) is 1. The van der Waals surface area contributed by atoms with Crippen LogP contribution >= 0.6 is 0 Å². The molecule has 0 aromatic heterocycles. The van der Waals surface area contributed by atoms with Crippen molar-refractivity contribution in [2.45, 2.75) is 25.9 Å². The average Bonchev–Trinajstić information content (AvgIpc) is 2.45. The summed E-state index contributed by atoms with van der Waals surface area (Å²) in [6.45, 7) is 7.24. The molecule has 1 aliphatic heterocycles. The number of hydrogen-bond donors (Lipinski definition) is 2. The Morgan fingerprint density at radius 1 is 1.47 bits per heavy atom. The molecular weight excluding hydrogens is 194 g/mol. The van der Waals surface area contributed by atoms with Crippen molar-refractivity contribution in [3.05, 3.63) is 0 Å². The van der Waals surface area contributed by atoms with Gasteiger partial charge in [0.1, 0.15) is 5.60 Å². The first-order valence-electron chi connectivity index (χ1n) is 5.44. The molecule has 5 heteroatoms. The van der Waals surface area contributed by atoms with E-state index in [9.17, 15) is 4.79 Å². The fourth-order valence-corrected chi connectivity index (χ4v) is 1.37. The van der Waals surface area contributed by atoms with Crippen LogP contribution in [-0.4, -0.2) is 49.3 Å². The van der Waals surface area contributed by atoms with E-state index in [1.165, 1.54) is 0 Å². The van der Waals surface area contributed by atoms with Crippen molar-refractivity contribution < 1.29 is 9.53 Å². The van der Waals surface area contributed by atoms with Crippen molar-refractivity contribution in [2.24, 2.45) is 5.73 Å². The lowest BCUT2D eigenvalue weighted by molar-refractivity contribution is 0.0202. The predicted octanol–water partition coefficient (Wildman–Crippen LogP) is 0.156. The monoisotopic (exact) mass is 215 g/mol. The van der Waals surface area contributed by atoms with Crippen LogP contribution in [0.15, 0.2) is 0 Å². The summed E-state index contributed by atoms with van der Waals surface area (Å²) in [5.41, 5.74) is 4.93. The van der Waals surface area contributed by atoms with Gasteiger partial charge in [-0.05, 0) is 26.8 Å². The van der Waals surface area contributed by atoms with Crippen LogP contribution in [0, 0.1) is 0 Å². The molecule has 1 aliphatic rings. The number of ether oxygens (including phenoxy) is 1. The number of rotatable bonds is 2. The molecule has 1 heterocycles. The first kappa shape index (κ1) is 12.3. The Hall–Kier alpha value is -0.810. The number of nitrogens with two attached hydrogens (primary N) is 1. The van der Waals surface area contributed by atoms with E-state index in [2.05, 4.69) is 5.32 Å². The van der Waals surface area contributed by atoms with Gasteiger partial charge in [-0.3, -0.25) is 0 Å². The van der Waals surface area contributed by atoms with Gasteiger partial charge in [-0.1, -0.05) is 0 Å². The summed E-state index contributed by atoms with van der Waals surface area (Å²) in [7, 11) is 0. The molecule has 5 nitrogen and oxygen atoms in total. The third-order valence-electron chi connectivity index (χ3n) is 2.45. The Kier molecular flexibility index (Phi) is 4.35. The van der Waals surface area contributed by atoms with E-state index in [-0.39, 0.29) is 6.09 Å². The van der Waals surface area contributed by atoms with Gasteiger partial charge in [0.05, 0.1) is 0 Å². The van der Waals surface area contributed by atoms with Crippen molar-refractivity contribution in [1.82, 2.24) is 10.2 Å². The summed E-state index contributed by atoms with van der Waals surface area (Å²) < 4.78 is 5.32. The molecule has 0 saturated carbocycles. The zero-order valence-electron chi connectivity index (χ0n) is 9.58. The lowest BCUT2D eigenvalue weighted by Crippen LogP contribution is -2.43. The lowest BCUT2D eigenvalue weighted by atomic mass is 10.1. The van der Waals surface area contributed by atoms with Gasteiger partial charge in [0.15, 0.2) is 0 Å². The molecular formula is C10H21N3O2. The standard InChI is InChI=1S/C10H21N3O2/c1-10(2,8-11)15-9(14)13-6-3-4-12-5-7-13/h12H,3-8,11H2,1-2H3. The zero-order valence-corrected chi connectivity index (χ0v) is 9.58. The number of carbonyl (C=O) groups is 1. The Morgan fingerprint density at radius 3 is 2.87 bits per heavy atom.